The van der Waals surface area contributed by atoms with E-state index < -0.39 is 0 Å². The summed E-state index contributed by atoms with van der Waals surface area (Å²) in [6.45, 7) is 3.48. The van der Waals surface area contributed by atoms with Gasteiger partial charge in [-0.3, -0.25) is 0 Å². The molecule has 0 spiro atoms. The number of aromatic amines is 1. The van der Waals surface area contributed by atoms with Crippen molar-refractivity contribution in [1.29, 1.82) is 0 Å². The molecule has 68 valence electrons. The Bertz CT molecular complexity index is 392. The lowest BCUT2D eigenvalue weighted by Crippen LogP contribution is -1.90. The molecule has 0 aliphatic rings. The second-order valence-corrected chi connectivity index (χ2v) is 3.06. The summed E-state index contributed by atoms with van der Waals surface area (Å²) in [7, 11) is 0. The molecule has 1 aromatic heterocycles. The van der Waals surface area contributed by atoms with Crippen molar-refractivity contribution in [3.05, 3.63) is 36.2 Å². The van der Waals surface area contributed by atoms with Gasteiger partial charge in [0, 0.05) is 19.0 Å². The third-order valence-electron chi connectivity index (χ3n) is 2.10. The minimum absolute atomic E-state index is 0.706. The zero-order valence-electron chi connectivity index (χ0n) is 7.71. The zero-order chi connectivity index (χ0) is 9.10. The number of H-pyrrole nitrogens is 1. The lowest BCUT2D eigenvalue weighted by atomic mass is 10.1. The third kappa shape index (κ3) is 1.73. The maximum absolute atomic E-state index is 5.33. The van der Waals surface area contributed by atoms with E-state index in [1.165, 1.54) is 16.3 Å². The lowest BCUT2D eigenvalue weighted by molar-refractivity contribution is 0.134. The molecule has 0 bridgehead atoms. The number of benzene rings is 1. The van der Waals surface area contributed by atoms with E-state index in [0.717, 1.165) is 6.61 Å². The van der Waals surface area contributed by atoms with Gasteiger partial charge in [-0.1, -0.05) is 12.1 Å². The molecule has 2 aromatic rings. The van der Waals surface area contributed by atoms with Gasteiger partial charge < -0.3 is 9.72 Å². The van der Waals surface area contributed by atoms with E-state index in [1.54, 1.807) is 0 Å². The van der Waals surface area contributed by atoms with E-state index in [0.29, 0.717) is 6.61 Å². The van der Waals surface area contributed by atoms with Crippen molar-refractivity contribution >= 4 is 10.8 Å². The predicted octanol–water partition coefficient (Wildman–Crippen LogP) is 2.70. The summed E-state index contributed by atoms with van der Waals surface area (Å²) < 4.78 is 5.33. The zero-order valence-corrected chi connectivity index (χ0v) is 7.71. The largest absolute Gasteiger partial charge is 0.377 e. The van der Waals surface area contributed by atoms with Gasteiger partial charge >= 0.3 is 0 Å². The van der Waals surface area contributed by atoms with Crippen molar-refractivity contribution in [3.8, 4) is 0 Å². The summed E-state index contributed by atoms with van der Waals surface area (Å²) >= 11 is 0. The van der Waals surface area contributed by atoms with Gasteiger partial charge in [0.1, 0.15) is 0 Å². The minimum Gasteiger partial charge on any atom is -0.377 e. The fourth-order valence-electron chi connectivity index (χ4n) is 1.41. The Morgan fingerprint density at radius 1 is 1.23 bits per heavy atom. The number of hydrogen-bond donors (Lipinski definition) is 1. The molecule has 0 amide bonds. The molecule has 1 N–H and O–H groups in total. The molecule has 2 nitrogen and oxygen atoms in total. The molecule has 0 fully saturated rings. The number of fused-ring (bicyclic) bond motifs is 1. The van der Waals surface area contributed by atoms with Crippen molar-refractivity contribution in [2.45, 2.75) is 13.5 Å². The van der Waals surface area contributed by atoms with Crippen molar-refractivity contribution < 1.29 is 4.74 Å². The van der Waals surface area contributed by atoms with Crippen LogP contribution < -0.4 is 0 Å². The molecule has 2 rings (SSSR count). The average molecular weight is 175 g/mol. The normalized spacial score (nSPS) is 10.8. The Morgan fingerprint density at radius 2 is 2.08 bits per heavy atom. The first-order valence-electron chi connectivity index (χ1n) is 4.53. The van der Waals surface area contributed by atoms with Gasteiger partial charge in [-0.05, 0) is 29.3 Å². The SMILES string of the molecule is CCOCc1ccc2c[nH]cc2c1. The maximum atomic E-state index is 5.33. The number of ether oxygens (including phenoxy) is 1. The van der Waals surface area contributed by atoms with Crippen molar-refractivity contribution in [2.24, 2.45) is 0 Å². The fourth-order valence-corrected chi connectivity index (χ4v) is 1.41. The van der Waals surface area contributed by atoms with Crippen LogP contribution in [-0.2, 0) is 11.3 Å². The van der Waals surface area contributed by atoms with Crippen LogP contribution in [0.25, 0.3) is 10.8 Å². The topological polar surface area (TPSA) is 25.0 Å². The van der Waals surface area contributed by atoms with E-state index in [-0.39, 0.29) is 0 Å². The highest BCUT2D eigenvalue weighted by molar-refractivity contribution is 5.82. The second-order valence-electron chi connectivity index (χ2n) is 3.06. The molecular formula is C11H13NO. The van der Waals surface area contributed by atoms with E-state index in [9.17, 15) is 0 Å². The van der Waals surface area contributed by atoms with Crippen LogP contribution in [0.2, 0.25) is 0 Å². The lowest BCUT2D eigenvalue weighted by Gasteiger charge is -2.00. The standard InChI is InChI=1S/C11H13NO/c1-2-13-8-9-3-4-10-6-12-7-11(10)5-9/h3-7,12H,2,8H2,1H3. The van der Waals surface area contributed by atoms with Crippen molar-refractivity contribution in [1.82, 2.24) is 4.98 Å². The monoisotopic (exact) mass is 175 g/mol. The Kier molecular flexibility index (Phi) is 2.32. The Labute approximate surface area is 77.5 Å². The molecule has 0 atom stereocenters. The van der Waals surface area contributed by atoms with E-state index in [1.807, 2.05) is 19.3 Å². The van der Waals surface area contributed by atoms with Gasteiger partial charge in [-0.25, -0.2) is 0 Å². The Hall–Kier alpha value is -1.28. The molecule has 0 saturated heterocycles. The highest BCUT2D eigenvalue weighted by atomic mass is 16.5. The van der Waals surface area contributed by atoms with Gasteiger partial charge in [0.2, 0.25) is 0 Å². The molecule has 2 heteroatoms. The van der Waals surface area contributed by atoms with E-state index >= 15 is 0 Å². The quantitative estimate of drug-likeness (QED) is 0.762. The summed E-state index contributed by atoms with van der Waals surface area (Å²) in [5, 5.41) is 2.50. The van der Waals surface area contributed by atoms with Crippen LogP contribution in [-0.4, -0.2) is 11.6 Å². The first kappa shape index (κ1) is 8.32. The predicted molar refractivity (Wildman–Crippen MR) is 53.6 cm³/mol. The van der Waals surface area contributed by atoms with Crippen LogP contribution in [0.1, 0.15) is 12.5 Å². The van der Waals surface area contributed by atoms with Gasteiger partial charge in [0.25, 0.3) is 0 Å². The van der Waals surface area contributed by atoms with Crippen LogP contribution in [0.15, 0.2) is 30.6 Å². The summed E-state index contributed by atoms with van der Waals surface area (Å²) in [6.07, 6.45) is 4.00. The summed E-state index contributed by atoms with van der Waals surface area (Å²) in [5.74, 6) is 0. The van der Waals surface area contributed by atoms with Crippen LogP contribution in [0.5, 0.6) is 0 Å². The third-order valence-corrected chi connectivity index (χ3v) is 2.10. The van der Waals surface area contributed by atoms with Crippen molar-refractivity contribution in [3.63, 3.8) is 0 Å². The Balaban J connectivity index is 2.26. The summed E-state index contributed by atoms with van der Waals surface area (Å²) in [4.78, 5) is 3.08. The minimum atomic E-state index is 0.706. The van der Waals surface area contributed by atoms with Gasteiger partial charge in [-0.15, -0.1) is 0 Å². The molecule has 0 radical (unpaired) electrons. The number of hydrogen-bond acceptors (Lipinski definition) is 1. The number of nitrogens with one attached hydrogen (secondary N) is 1. The highest BCUT2D eigenvalue weighted by Gasteiger charge is 1.96. The molecule has 0 aliphatic heterocycles. The smallest absolute Gasteiger partial charge is 0.0716 e. The molecule has 0 unspecified atom stereocenters. The van der Waals surface area contributed by atoms with Gasteiger partial charge in [0.15, 0.2) is 0 Å². The van der Waals surface area contributed by atoms with Crippen molar-refractivity contribution in [2.75, 3.05) is 6.61 Å². The van der Waals surface area contributed by atoms with Crippen LogP contribution in [0.4, 0.5) is 0 Å². The summed E-state index contributed by atoms with van der Waals surface area (Å²) in [5.41, 5.74) is 1.23. The van der Waals surface area contributed by atoms with Crippen LogP contribution in [0.3, 0.4) is 0 Å². The number of aromatic nitrogens is 1. The van der Waals surface area contributed by atoms with Crippen LogP contribution in [0, 0.1) is 0 Å². The summed E-state index contributed by atoms with van der Waals surface area (Å²) in [6, 6.07) is 6.37. The highest BCUT2D eigenvalue weighted by Crippen LogP contribution is 2.15. The fraction of sp³-hybridized carbons (Fsp3) is 0.273. The Morgan fingerprint density at radius 3 is 2.92 bits per heavy atom. The first-order chi connectivity index (χ1) is 6.40. The molecule has 1 heterocycles. The average Bonchev–Trinajstić information content (AvgIpc) is 2.61. The molecule has 13 heavy (non-hydrogen) atoms. The van der Waals surface area contributed by atoms with Gasteiger partial charge in [0.05, 0.1) is 6.61 Å². The molecule has 0 saturated carbocycles. The molecular weight excluding hydrogens is 162 g/mol. The first-order valence-corrected chi connectivity index (χ1v) is 4.53. The second kappa shape index (κ2) is 3.62. The van der Waals surface area contributed by atoms with Gasteiger partial charge in [-0.2, -0.15) is 0 Å². The van der Waals surface area contributed by atoms with E-state index in [2.05, 4.69) is 23.2 Å². The molecule has 1 aromatic carbocycles. The molecule has 0 aliphatic carbocycles. The van der Waals surface area contributed by atoms with Crippen LogP contribution >= 0.6 is 0 Å². The number of rotatable bonds is 3. The maximum Gasteiger partial charge on any atom is 0.0716 e. The van der Waals surface area contributed by atoms with E-state index in [4.69, 9.17) is 4.74 Å².